The zero-order chi connectivity index (χ0) is 17.9. The molecule has 7 heteroatoms. The highest BCUT2D eigenvalue weighted by Gasteiger charge is 2.24. The molecule has 0 atom stereocenters. The summed E-state index contributed by atoms with van der Waals surface area (Å²) in [7, 11) is 0. The van der Waals surface area contributed by atoms with Crippen molar-refractivity contribution in [1.29, 1.82) is 0 Å². The third kappa shape index (κ3) is 3.48. The van der Waals surface area contributed by atoms with Crippen LogP contribution in [0.5, 0.6) is 5.75 Å². The Hall–Kier alpha value is -2.67. The molecule has 26 heavy (non-hydrogen) atoms. The number of benzene rings is 1. The van der Waals surface area contributed by atoms with Crippen LogP contribution in [0.15, 0.2) is 36.4 Å². The minimum atomic E-state index is -0.319. The molecular weight excluding hydrogens is 337 g/mol. The first kappa shape index (κ1) is 16.8. The van der Waals surface area contributed by atoms with Crippen LogP contribution in [0.2, 0.25) is 0 Å². The number of carbonyl (C=O) groups is 1. The fourth-order valence-electron chi connectivity index (χ4n) is 3.17. The van der Waals surface area contributed by atoms with E-state index in [1.54, 1.807) is 23.1 Å². The summed E-state index contributed by atoms with van der Waals surface area (Å²) in [6, 6.07) is 10.2. The van der Waals surface area contributed by atoms with Crippen molar-refractivity contribution in [3.05, 3.63) is 53.5 Å². The number of carbonyl (C=O) groups excluding carboxylic acids is 1. The molecular formula is C19H20FN3O3. The summed E-state index contributed by atoms with van der Waals surface area (Å²) in [4.78, 5) is 20.8. The lowest BCUT2D eigenvalue weighted by Gasteiger charge is -2.28. The zero-order valence-electron chi connectivity index (χ0n) is 14.4. The molecule has 4 rings (SSSR count). The average Bonchev–Trinajstić information content (AvgIpc) is 2.83. The molecule has 3 heterocycles. The van der Waals surface area contributed by atoms with Gasteiger partial charge in [0.15, 0.2) is 6.61 Å². The minimum Gasteiger partial charge on any atom is -0.482 e. The lowest BCUT2D eigenvalue weighted by atomic mass is 10.2. The molecule has 0 N–H and O–H groups in total. The van der Waals surface area contributed by atoms with Crippen molar-refractivity contribution in [2.75, 3.05) is 37.8 Å². The minimum absolute atomic E-state index is 0.0694. The maximum absolute atomic E-state index is 14.0. The van der Waals surface area contributed by atoms with Gasteiger partial charge in [-0.1, -0.05) is 18.2 Å². The van der Waals surface area contributed by atoms with Crippen molar-refractivity contribution in [2.45, 2.75) is 13.1 Å². The molecule has 2 aromatic rings. The van der Waals surface area contributed by atoms with Gasteiger partial charge in [0, 0.05) is 25.2 Å². The van der Waals surface area contributed by atoms with Gasteiger partial charge in [-0.05, 0) is 18.2 Å². The van der Waals surface area contributed by atoms with E-state index in [9.17, 15) is 9.18 Å². The Balaban J connectivity index is 1.58. The summed E-state index contributed by atoms with van der Waals surface area (Å²) in [6.07, 6.45) is 0. The number of morpholine rings is 1. The maximum Gasteiger partial charge on any atom is 0.261 e. The van der Waals surface area contributed by atoms with E-state index in [0.29, 0.717) is 36.8 Å². The van der Waals surface area contributed by atoms with Gasteiger partial charge in [-0.3, -0.25) is 4.79 Å². The van der Waals surface area contributed by atoms with Crippen LogP contribution >= 0.6 is 0 Å². The third-order valence-corrected chi connectivity index (χ3v) is 4.62. The Morgan fingerprint density at radius 3 is 2.73 bits per heavy atom. The van der Waals surface area contributed by atoms with Crippen LogP contribution < -0.4 is 9.64 Å². The number of amides is 1. The topological polar surface area (TPSA) is 54.9 Å². The third-order valence-electron chi connectivity index (χ3n) is 4.62. The van der Waals surface area contributed by atoms with Gasteiger partial charge in [-0.25, -0.2) is 9.37 Å². The highest BCUT2D eigenvalue weighted by atomic mass is 19.1. The second kappa shape index (κ2) is 7.29. The van der Waals surface area contributed by atoms with E-state index >= 15 is 0 Å². The molecule has 136 valence electrons. The van der Waals surface area contributed by atoms with Crippen LogP contribution in [0, 0.1) is 5.82 Å². The fourth-order valence-corrected chi connectivity index (χ4v) is 3.17. The molecule has 0 spiro atoms. The standard InChI is InChI=1S/C19H20FN3O3/c20-15-4-2-1-3-14(15)11-23-12-16-17(26-13-19(23)24)5-6-18(21-16)22-7-9-25-10-8-22/h1-6H,7-13H2. The maximum atomic E-state index is 14.0. The molecule has 2 aliphatic heterocycles. The van der Waals surface area contributed by atoms with Gasteiger partial charge in [0.25, 0.3) is 5.91 Å². The Morgan fingerprint density at radius 2 is 1.92 bits per heavy atom. The van der Waals surface area contributed by atoms with Crippen LogP contribution in [0.3, 0.4) is 0 Å². The Kier molecular flexibility index (Phi) is 4.71. The van der Waals surface area contributed by atoms with Gasteiger partial charge in [0.2, 0.25) is 0 Å². The molecule has 2 aliphatic rings. The summed E-state index contributed by atoms with van der Waals surface area (Å²) in [6.45, 7) is 3.33. The molecule has 1 aromatic heterocycles. The zero-order valence-corrected chi connectivity index (χ0v) is 14.4. The number of ether oxygens (including phenoxy) is 2. The van der Waals surface area contributed by atoms with Crippen molar-refractivity contribution in [3.8, 4) is 5.75 Å². The molecule has 0 radical (unpaired) electrons. The van der Waals surface area contributed by atoms with Gasteiger partial charge in [0.1, 0.15) is 23.1 Å². The summed E-state index contributed by atoms with van der Waals surface area (Å²) in [5.41, 5.74) is 1.17. The highest BCUT2D eigenvalue weighted by molar-refractivity contribution is 5.78. The van der Waals surface area contributed by atoms with Gasteiger partial charge < -0.3 is 19.3 Å². The number of aromatic nitrogens is 1. The lowest BCUT2D eigenvalue weighted by molar-refractivity contribution is -0.133. The van der Waals surface area contributed by atoms with Crippen LogP contribution in [0.4, 0.5) is 10.2 Å². The first-order valence-electron chi connectivity index (χ1n) is 8.67. The van der Waals surface area contributed by atoms with Crippen molar-refractivity contribution in [3.63, 3.8) is 0 Å². The second-order valence-electron chi connectivity index (χ2n) is 6.34. The van der Waals surface area contributed by atoms with E-state index in [1.165, 1.54) is 6.07 Å². The van der Waals surface area contributed by atoms with Crippen molar-refractivity contribution in [2.24, 2.45) is 0 Å². The van der Waals surface area contributed by atoms with E-state index in [2.05, 4.69) is 4.90 Å². The van der Waals surface area contributed by atoms with Gasteiger partial charge >= 0.3 is 0 Å². The van der Waals surface area contributed by atoms with Gasteiger partial charge in [-0.15, -0.1) is 0 Å². The number of fused-ring (bicyclic) bond motifs is 1. The van der Waals surface area contributed by atoms with E-state index < -0.39 is 0 Å². The van der Waals surface area contributed by atoms with Crippen molar-refractivity contribution in [1.82, 2.24) is 9.88 Å². The van der Waals surface area contributed by atoms with Crippen LogP contribution in [-0.2, 0) is 22.6 Å². The largest absolute Gasteiger partial charge is 0.482 e. The normalized spacial score (nSPS) is 17.5. The van der Waals surface area contributed by atoms with E-state index in [4.69, 9.17) is 14.5 Å². The van der Waals surface area contributed by atoms with Crippen molar-refractivity contribution < 1.29 is 18.7 Å². The number of pyridine rings is 1. The first-order valence-corrected chi connectivity index (χ1v) is 8.67. The molecule has 0 unspecified atom stereocenters. The monoisotopic (exact) mass is 357 g/mol. The smallest absolute Gasteiger partial charge is 0.261 e. The number of nitrogens with zero attached hydrogens (tertiary/aromatic N) is 3. The van der Waals surface area contributed by atoms with Crippen molar-refractivity contribution >= 4 is 11.7 Å². The lowest BCUT2D eigenvalue weighted by Crippen LogP contribution is -2.37. The van der Waals surface area contributed by atoms with Crippen LogP contribution in [-0.4, -0.2) is 48.7 Å². The molecule has 1 saturated heterocycles. The molecule has 0 bridgehead atoms. The predicted octanol–water partition coefficient (Wildman–Crippen LogP) is 1.98. The number of hydrogen-bond donors (Lipinski definition) is 0. The summed E-state index contributed by atoms with van der Waals surface area (Å²) >= 11 is 0. The number of hydrogen-bond acceptors (Lipinski definition) is 5. The summed E-state index contributed by atoms with van der Waals surface area (Å²) < 4.78 is 25.0. The number of halogens is 1. The Morgan fingerprint density at radius 1 is 1.12 bits per heavy atom. The molecule has 1 amide bonds. The van der Waals surface area contributed by atoms with E-state index in [0.717, 1.165) is 18.9 Å². The quantitative estimate of drug-likeness (QED) is 0.841. The van der Waals surface area contributed by atoms with Crippen LogP contribution in [0.25, 0.3) is 0 Å². The predicted molar refractivity (Wildman–Crippen MR) is 93.4 cm³/mol. The average molecular weight is 357 g/mol. The van der Waals surface area contributed by atoms with Gasteiger partial charge in [0.05, 0.1) is 19.8 Å². The Bertz CT molecular complexity index is 808. The van der Waals surface area contributed by atoms with E-state index in [1.807, 2.05) is 12.1 Å². The molecule has 0 aliphatic carbocycles. The number of anilines is 1. The summed E-state index contributed by atoms with van der Waals surface area (Å²) in [5, 5.41) is 0. The Labute approximate surface area is 151 Å². The first-order chi connectivity index (χ1) is 12.7. The SMILES string of the molecule is O=C1COc2ccc(N3CCOCC3)nc2CN1Cc1ccccc1F. The van der Waals surface area contributed by atoms with Gasteiger partial charge in [-0.2, -0.15) is 0 Å². The summed E-state index contributed by atoms with van der Waals surface area (Å²) in [5.74, 6) is 0.946. The molecule has 1 fully saturated rings. The molecule has 6 nitrogen and oxygen atoms in total. The fraction of sp³-hybridized carbons (Fsp3) is 0.368. The molecule has 0 saturated carbocycles. The van der Waals surface area contributed by atoms with Crippen LogP contribution in [0.1, 0.15) is 11.3 Å². The van der Waals surface area contributed by atoms with E-state index in [-0.39, 0.29) is 24.9 Å². The number of rotatable bonds is 3. The molecule has 1 aromatic carbocycles. The second-order valence-corrected chi connectivity index (χ2v) is 6.34. The highest BCUT2D eigenvalue weighted by Crippen LogP contribution is 2.26.